The first-order valence-electron chi connectivity index (χ1n) is 5.92. The molecule has 0 aliphatic rings. The Kier molecular flexibility index (Phi) is 4.48. The minimum Gasteiger partial charge on any atom is -0.207 e. The second kappa shape index (κ2) is 5.95. The topological polar surface area (TPSA) is 0 Å². The number of halogens is 5. The van der Waals surface area contributed by atoms with E-state index in [0.29, 0.717) is 6.42 Å². The van der Waals surface area contributed by atoms with Gasteiger partial charge in [0.25, 0.3) is 0 Å². The molecule has 20 heavy (non-hydrogen) atoms. The maximum atomic E-state index is 12.9. The molecule has 0 amide bonds. The van der Waals surface area contributed by atoms with E-state index >= 15 is 0 Å². The van der Waals surface area contributed by atoms with Crippen LogP contribution in [0.15, 0.2) is 48.5 Å². The summed E-state index contributed by atoms with van der Waals surface area (Å²) in [6, 6.07) is 11.2. The van der Waals surface area contributed by atoms with Gasteiger partial charge in [0, 0.05) is 4.83 Å². The van der Waals surface area contributed by atoms with Crippen molar-refractivity contribution in [1.82, 2.24) is 0 Å². The summed E-state index contributed by atoms with van der Waals surface area (Å²) in [5.41, 5.74) is 0.304. The van der Waals surface area contributed by atoms with Crippen LogP contribution in [0.25, 0.3) is 0 Å². The molecule has 2 aromatic carbocycles. The average Bonchev–Trinajstić information content (AvgIpc) is 2.40. The van der Waals surface area contributed by atoms with Gasteiger partial charge in [-0.3, -0.25) is 0 Å². The largest absolute Gasteiger partial charge is 0.416 e. The molecular formula is C15H11BrF4. The third-order valence-corrected chi connectivity index (χ3v) is 3.75. The quantitative estimate of drug-likeness (QED) is 0.506. The highest BCUT2D eigenvalue weighted by atomic mass is 79.9. The standard InChI is InChI=1S/C15H11BrF4/c16-14(9-10-5-7-11(17)8-6-10)12-3-1-2-4-13(12)15(18,19)20/h1-8,14H,9H2. The normalized spacial score (nSPS) is 13.2. The van der Waals surface area contributed by atoms with E-state index in [1.54, 1.807) is 18.2 Å². The summed E-state index contributed by atoms with van der Waals surface area (Å²) < 4.78 is 51.6. The Morgan fingerprint density at radius 3 is 2.15 bits per heavy atom. The maximum absolute atomic E-state index is 12.9. The summed E-state index contributed by atoms with van der Waals surface area (Å²) in [5, 5.41) is 0. The van der Waals surface area contributed by atoms with Crippen LogP contribution >= 0.6 is 15.9 Å². The van der Waals surface area contributed by atoms with E-state index in [0.717, 1.165) is 11.6 Å². The fraction of sp³-hybridized carbons (Fsp3) is 0.200. The number of rotatable bonds is 3. The van der Waals surface area contributed by atoms with Crippen molar-refractivity contribution in [2.45, 2.75) is 17.4 Å². The van der Waals surface area contributed by atoms with E-state index in [1.165, 1.54) is 24.3 Å². The Labute approximate surface area is 122 Å². The molecule has 1 unspecified atom stereocenters. The zero-order chi connectivity index (χ0) is 14.8. The van der Waals surface area contributed by atoms with Gasteiger partial charge in [-0.2, -0.15) is 13.2 Å². The predicted molar refractivity (Wildman–Crippen MR) is 73.2 cm³/mol. The van der Waals surface area contributed by atoms with Crippen molar-refractivity contribution in [2.75, 3.05) is 0 Å². The zero-order valence-electron chi connectivity index (χ0n) is 10.3. The molecule has 0 saturated heterocycles. The summed E-state index contributed by atoms with van der Waals surface area (Å²) in [4.78, 5) is -0.481. The second-order valence-corrected chi connectivity index (χ2v) is 5.49. The first-order valence-corrected chi connectivity index (χ1v) is 6.84. The molecule has 0 heterocycles. The van der Waals surface area contributed by atoms with Gasteiger partial charge >= 0.3 is 6.18 Å². The molecule has 0 aliphatic heterocycles. The minimum atomic E-state index is -4.38. The number of alkyl halides is 4. The highest BCUT2D eigenvalue weighted by molar-refractivity contribution is 9.09. The molecular weight excluding hydrogens is 336 g/mol. The molecule has 106 valence electrons. The number of hydrogen-bond acceptors (Lipinski definition) is 0. The molecule has 2 aromatic rings. The van der Waals surface area contributed by atoms with Gasteiger partial charge < -0.3 is 0 Å². The second-order valence-electron chi connectivity index (χ2n) is 4.38. The molecule has 0 fully saturated rings. The van der Waals surface area contributed by atoms with Gasteiger partial charge in [-0.25, -0.2) is 4.39 Å². The molecule has 1 atom stereocenters. The summed E-state index contributed by atoms with van der Waals surface area (Å²) >= 11 is 3.29. The van der Waals surface area contributed by atoms with Crippen molar-refractivity contribution in [3.8, 4) is 0 Å². The van der Waals surface area contributed by atoms with Gasteiger partial charge in [-0.1, -0.05) is 46.3 Å². The van der Waals surface area contributed by atoms with Crippen molar-refractivity contribution in [3.05, 3.63) is 71.0 Å². The van der Waals surface area contributed by atoms with Gasteiger partial charge in [0.1, 0.15) is 5.82 Å². The molecule has 0 saturated carbocycles. The predicted octanol–water partition coefficient (Wildman–Crippen LogP) is 5.52. The zero-order valence-corrected chi connectivity index (χ0v) is 11.9. The molecule has 0 bridgehead atoms. The van der Waals surface area contributed by atoms with E-state index in [-0.39, 0.29) is 11.4 Å². The number of benzene rings is 2. The van der Waals surface area contributed by atoms with E-state index in [1.807, 2.05) is 0 Å². The van der Waals surface area contributed by atoms with Gasteiger partial charge in [0.2, 0.25) is 0 Å². The van der Waals surface area contributed by atoms with Crippen molar-refractivity contribution in [1.29, 1.82) is 0 Å². The van der Waals surface area contributed by atoms with Crippen LogP contribution in [0.2, 0.25) is 0 Å². The average molecular weight is 347 g/mol. The van der Waals surface area contributed by atoms with Crippen LogP contribution in [0.3, 0.4) is 0 Å². The van der Waals surface area contributed by atoms with Crippen LogP contribution in [0, 0.1) is 5.82 Å². The van der Waals surface area contributed by atoms with E-state index in [4.69, 9.17) is 0 Å². The number of hydrogen-bond donors (Lipinski definition) is 0. The van der Waals surface area contributed by atoms with Crippen LogP contribution in [0.4, 0.5) is 17.6 Å². The Hall–Kier alpha value is -1.36. The van der Waals surface area contributed by atoms with Crippen LogP contribution in [0.1, 0.15) is 21.5 Å². The van der Waals surface area contributed by atoms with Crippen molar-refractivity contribution < 1.29 is 17.6 Å². The molecule has 2 rings (SSSR count). The fourth-order valence-corrected chi connectivity index (χ4v) is 2.74. The van der Waals surface area contributed by atoms with Gasteiger partial charge in [-0.15, -0.1) is 0 Å². The molecule has 0 aromatic heterocycles. The lowest BCUT2D eigenvalue weighted by molar-refractivity contribution is -0.138. The van der Waals surface area contributed by atoms with Crippen LogP contribution < -0.4 is 0 Å². The molecule has 0 spiro atoms. The van der Waals surface area contributed by atoms with E-state index in [2.05, 4.69) is 15.9 Å². The van der Waals surface area contributed by atoms with E-state index < -0.39 is 16.6 Å². The lowest BCUT2D eigenvalue weighted by Crippen LogP contribution is -2.10. The molecule has 0 nitrogen and oxygen atoms in total. The Morgan fingerprint density at radius 1 is 0.950 bits per heavy atom. The van der Waals surface area contributed by atoms with E-state index in [9.17, 15) is 17.6 Å². The Morgan fingerprint density at radius 2 is 1.55 bits per heavy atom. The maximum Gasteiger partial charge on any atom is 0.416 e. The van der Waals surface area contributed by atoms with Crippen LogP contribution in [-0.2, 0) is 12.6 Å². The Balaban J connectivity index is 2.25. The summed E-state index contributed by atoms with van der Waals surface area (Å²) in [6.45, 7) is 0. The summed E-state index contributed by atoms with van der Waals surface area (Å²) in [6.07, 6.45) is -4.03. The molecule has 0 aliphatic carbocycles. The Bertz CT molecular complexity index is 575. The summed E-state index contributed by atoms with van der Waals surface area (Å²) in [5.74, 6) is -0.365. The van der Waals surface area contributed by atoms with Crippen molar-refractivity contribution in [2.24, 2.45) is 0 Å². The van der Waals surface area contributed by atoms with Crippen molar-refractivity contribution >= 4 is 15.9 Å². The SMILES string of the molecule is Fc1ccc(CC(Br)c2ccccc2C(F)(F)F)cc1. The highest BCUT2D eigenvalue weighted by Gasteiger charge is 2.34. The lowest BCUT2D eigenvalue weighted by Gasteiger charge is -2.17. The third-order valence-electron chi connectivity index (χ3n) is 2.93. The molecule has 0 N–H and O–H groups in total. The summed E-state index contributed by atoms with van der Waals surface area (Å²) in [7, 11) is 0. The highest BCUT2D eigenvalue weighted by Crippen LogP contribution is 2.38. The minimum absolute atomic E-state index is 0.185. The molecule has 0 radical (unpaired) electrons. The fourth-order valence-electron chi connectivity index (χ4n) is 1.97. The van der Waals surface area contributed by atoms with Gasteiger partial charge in [0.15, 0.2) is 0 Å². The first kappa shape index (κ1) is 15.0. The van der Waals surface area contributed by atoms with Crippen LogP contribution in [0.5, 0.6) is 0 Å². The third kappa shape index (κ3) is 3.60. The van der Waals surface area contributed by atoms with Gasteiger partial charge in [-0.05, 0) is 35.7 Å². The van der Waals surface area contributed by atoms with Gasteiger partial charge in [0.05, 0.1) is 5.56 Å². The monoisotopic (exact) mass is 346 g/mol. The van der Waals surface area contributed by atoms with Crippen LogP contribution in [-0.4, -0.2) is 0 Å². The lowest BCUT2D eigenvalue weighted by atomic mass is 9.99. The first-order chi connectivity index (χ1) is 9.38. The smallest absolute Gasteiger partial charge is 0.207 e. The molecule has 5 heteroatoms. The van der Waals surface area contributed by atoms with Crippen molar-refractivity contribution in [3.63, 3.8) is 0 Å².